The summed E-state index contributed by atoms with van der Waals surface area (Å²) in [6.07, 6.45) is 0. The first kappa shape index (κ1) is 14.5. The van der Waals surface area contributed by atoms with E-state index in [9.17, 15) is 4.39 Å². The number of halogens is 3. The van der Waals surface area contributed by atoms with Gasteiger partial charge in [0.2, 0.25) is 0 Å². The highest BCUT2D eigenvalue weighted by Crippen LogP contribution is 2.32. The number of benzene rings is 3. The third kappa shape index (κ3) is 2.69. The highest BCUT2D eigenvalue weighted by atomic mass is 79.9. The maximum absolute atomic E-state index is 14.3. The summed E-state index contributed by atoms with van der Waals surface area (Å²) in [7, 11) is 0. The van der Waals surface area contributed by atoms with Crippen LogP contribution in [-0.2, 0) is 0 Å². The molecule has 0 aliphatic rings. The standard InChI is InChI=1S/C17H12BrClFN/c18-14-8-7-13(16(20)15(14)19)17(21)12-6-5-10-3-1-2-4-11(10)9-12/h1-9,17H,21H2. The molecule has 3 rings (SSSR count). The van der Waals surface area contributed by atoms with Crippen molar-refractivity contribution in [2.24, 2.45) is 5.73 Å². The second kappa shape index (κ2) is 5.76. The fourth-order valence-corrected chi connectivity index (χ4v) is 2.84. The number of hydrogen-bond donors (Lipinski definition) is 1. The Morgan fingerprint density at radius 3 is 2.48 bits per heavy atom. The molecule has 1 atom stereocenters. The Morgan fingerprint density at radius 1 is 1.00 bits per heavy atom. The van der Waals surface area contributed by atoms with Gasteiger partial charge in [-0.15, -0.1) is 0 Å². The van der Waals surface area contributed by atoms with Crippen molar-refractivity contribution in [3.63, 3.8) is 0 Å². The van der Waals surface area contributed by atoms with Gasteiger partial charge < -0.3 is 5.73 Å². The first-order chi connectivity index (χ1) is 10.1. The molecule has 0 bridgehead atoms. The Kier molecular flexibility index (Phi) is 3.98. The molecule has 3 aromatic rings. The van der Waals surface area contributed by atoms with E-state index < -0.39 is 11.9 Å². The minimum atomic E-state index is -0.555. The van der Waals surface area contributed by atoms with Crippen molar-refractivity contribution in [3.05, 3.63) is 81.0 Å². The van der Waals surface area contributed by atoms with Gasteiger partial charge in [0, 0.05) is 10.0 Å². The molecule has 106 valence electrons. The summed E-state index contributed by atoms with van der Waals surface area (Å²) >= 11 is 9.14. The van der Waals surface area contributed by atoms with Crippen LogP contribution in [0.3, 0.4) is 0 Å². The van der Waals surface area contributed by atoms with Gasteiger partial charge >= 0.3 is 0 Å². The van der Waals surface area contributed by atoms with E-state index in [0.29, 0.717) is 10.0 Å². The molecule has 0 spiro atoms. The normalized spacial score (nSPS) is 12.6. The molecule has 21 heavy (non-hydrogen) atoms. The van der Waals surface area contributed by atoms with Crippen LogP contribution >= 0.6 is 27.5 Å². The molecule has 0 aliphatic carbocycles. The third-order valence-electron chi connectivity index (χ3n) is 3.53. The zero-order valence-electron chi connectivity index (χ0n) is 11.0. The molecule has 0 heterocycles. The van der Waals surface area contributed by atoms with Gasteiger partial charge in [-0.1, -0.05) is 54.1 Å². The van der Waals surface area contributed by atoms with Crippen molar-refractivity contribution in [3.8, 4) is 0 Å². The average molecular weight is 365 g/mol. The Bertz CT molecular complexity index is 819. The first-order valence-electron chi connectivity index (χ1n) is 6.45. The van der Waals surface area contributed by atoms with Crippen LogP contribution in [0.1, 0.15) is 17.2 Å². The quantitative estimate of drug-likeness (QED) is 0.602. The summed E-state index contributed by atoms with van der Waals surface area (Å²) in [6, 6.07) is 16.7. The zero-order chi connectivity index (χ0) is 15.0. The number of fused-ring (bicyclic) bond motifs is 1. The van der Waals surface area contributed by atoms with E-state index in [1.54, 1.807) is 12.1 Å². The molecule has 0 saturated carbocycles. The summed E-state index contributed by atoms with van der Waals surface area (Å²) in [5, 5.41) is 2.26. The van der Waals surface area contributed by atoms with Gasteiger partial charge in [-0.25, -0.2) is 4.39 Å². The number of nitrogens with two attached hydrogens (primary N) is 1. The van der Waals surface area contributed by atoms with Crippen molar-refractivity contribution in [2.45, 2.75) is 6.04 Å². The van der Waals surface area contributed by atoms with E-state index in [2.05, 4.69) is 15.9 Å². The zero-order valence-corrected chi connectivity index (χ0v) is 13.3. The Labute approximate surface area is 135 Å². The van der Waals surface area contributed by atoms with E-state index >= 15 is 0 Å². The summed E-state index contributed by atoms with van der Waals surface area (Å²) in [5.74, 6) is -0.480. The highest BCUT2D eigenvalue weighted by molar-refractivity contribution is 9.10. The molecule has 0 amide bonds. The van der Waals surface area contributed by atoms with Gasteiger partial charge in [-0.3, -0.25) is 0 Å². The van der Waals surface area contributed by atoms with Crippen molar-refractivity contribution in [1.29, 1.82) is 0 Å². The lowest BCUT2D eigenvalue weighted by molar-refractivity contribution is 0.599. The molecule has 0 radical (unpaired) electrons. The number of rotatable bonds is 2. The van der Waals surface area contributed by atoms with Crippen molar-refractivity contribution in [2.75, 3.05) is 0 Å². The van der Waals surface area contributed by atoms with Crippen molar-refractivity contribution in [1.82, 2.24) is 0 Å². The van der Waals surface area contributed by atoms with Gasteiger partial charge in [-0.2, -0.15) is 0 Å². The topological polar surface area (TPSA) is 26.0 Å². The van der Waals surface area contributed by atoms with Crippen molar-refractivity contribution >= 4 is 38.3 Å². The van der Waals surface area contributed by atoms with Crippen LogP contribution in [0.5, 0.6) is 0 Å². The predicted molar refractivity (Wildman–Crippen MR) is 89.1 cm³/mol. The van der Waals surface area contributed by atoms with Crippen LogP contribution in [0.2, 0.25) is 5.02 Å². The summed E-state index contributed by atoms with van der Waals surface area (Å²) in [5.41, 5.74) is 7.45. The van der Waals surface area contributed by atoms with Crippen LogP contribution in [0, 0.1) is 5.82 Å². The van der Waals surface area contributed by atoms with Crippen LogP contribution in [0.4, 0.5) is 4.39 Å². The molecular formula is C17H12BrClFN. The third-order valence-corrected chi connectivity index (χ3v) is 4.79. The molecule has 1 unspecified atom stereocenters. The lowest BCUT2D eigenvalue weighted by atomic mass is 9.96. The Morgan fingerprint density at radius 2 is 1.71 bits per heavy atom. The molecular weight excluding hydrogens is 353 g/mol. The molecule has 2 N–H and O–H groups in total. The van der Waals surface area contributed by atoms with Crippen molar-refractivity contribution < 1.29 is 4.39 Å². The SMILES string of the molecule is NC(c1ccc2ccccc2c1)c1ccc(Br)c(Cl)c1F. The minimum absolute atomic E-state index is 0.0590. The summed E-state index contributed by atoms with van der Waals surface area (Å²) < 4.78 is 14.8. The summed E-state index contributed by atoms with van der Waals surface area (Å²) in [6.45, 7) is 0. The minimum Gasteiger partial charge on any atom is -0.320 e. The van der Waals surface area contributed by atoms with Crippen LogP contribution < -0.4 is 5.73 Å². The second-order valence-corrected chi connectivity index (χ2v) is 6.08. The molecule has 0 saturated heterocycles. The van der Waals surface area contributed by atoms with Gasteiger partial charge in [0.25, 0.3) is 0 Å². The van der Waals surface area contributed by atoms with Crippen LogP contribution in [-0.4, -0.2) is 0 Å². The molecule has 3 aromatic carbocycles. The van der Waals surface area contributed by atoms with Crippen LogP contribution in [0.15, 0.2) is 59.1 Å². The van der Waals surface area contributed by atoms with Crippen LogP contribution in [0.25, 0.3) is 10.8 Å². The van der Waals surface area contributed by atoms with E-state index in [0.717, 1.165) is 16.3 Å². The van der Waals surface area contributed by atoms with Gasteiger partial charge in [0.1, 0.15) is 5.82 Å². The second-order valence-electron chi connectivity index (χ2n) is 4.85. The molecule has 1 nitrogen and oxygen atoms in total. The van der Waals surface area contributed by atoms with Gasteiger partial charge in [0.15, 0.2) is 0 Å². The summed E-state index contributed by atoms with van der Waals surface area (Å²) in [4.78, 5) is 0. The van der Waals surface area contributed by atoms with Gasteiger partial charge in [-0.05, 0) is 44.4 Å². The lowest BCUT2D eigenvalue weighted by Gasteiger charge is -2.15. The van der Waals surface area contributed by atoms with E-state index in [4.69, 9.17) is 17.3 Å². The molecule has 4 heteroatoms. The van der Waals surface area contributed by atoms with E-state index in [-0.39, 0.29) is 5.02 Å². The average Bonchev–Trinajstić information content (AvgIpc) is 2.52. The molecule has 0 aliphatic heterocycles. The monoisotopic (exact) mass is 363 g/mol. The lowest BCUT2D eigenvalue weighted by Crippen LogP contribution is -2.14. The predicted octanol–water partition coefficient (Wildman–Crippen LogP) is 5.44. The Hall–Kier alpha value is -1.42. The highest BCUT2D eigenvalue weighted by Gasteiger charge is 2.17. The fourth-order valence-electron chi connectivity index (χ4n) is 2.36. The maximum atomic E-state index is 14.3. The van der Waals surface area contributed by atoms with E-state index in [1.807, 2.05) is 42.5 Å². The van der Waals surface area contributed by atoms with E-state index in [1.165, 1.54) is 0 Å². The maximum Gasteiger partial charge on any atom is 0.148 e. The largest absolute Gasteiger partial charge is 0.320 e. The smallest absolute Gasteiger partial charge is 0.148 e. The first-order valence-corrected chi connectivity index (χ1v) is 7.62. The molecule has 0 aromatic heterocycles. The van der Waals surface area contributed by atoms with Gasteiger partial charge in [0.05, 0.1) is 11.1 Å². The number of hydrogen-bond acceptors (Lipinski definition) is 1. The Balaban J connectivity index is 2.08. The molecule has 0 fully saturated rings. The fraction of sp³-hybridized carbons (Fsp3) is 0.0588.